The van der Waals surface area contributed by atoms with E-state index >= 15 is 0 Å². The van der Waals surface area contributed by atoms with Crippen LogP contribution in [0.1, 0.15) is 31.1 Å². The van der Waals surface area contributed by atoms with Gasteiger partial charge in [-0.25, -0.2) is 0 Å². The first-order chi connectivity index (χ1) is 8.88. The third-order valence-electron chi connectivity index (χ3n) is 3.56. The Balaban J connectivity index is 1.98. The van der Waals surface area contributed by atoms with Gasteiger partial charge in [-0.05, 0) is 20.8 Å². The summed E-state index contributed by atoms with van der Waals surface area (Å²) in [5.74, 6) is 0.00848. The van der Waals surface area contributed by atoms with Crippen LogP contribution in [0, 0.1) is 5.21 Å². The molecule has 0 aromatic carbocycles. The van der Waals surface area contributed by atoms with Gasteiger partial charge in [0.25, 0.3) is 5.91 Å². The molecule has 0 bridgehead atoms. The average Bonchev–Trinajstić information content (AvgIpc) is 2.38. The quantitative estimate of drug-likeness (QED) is 0.558. The molecule has 0 spiro atoms. The minimum atomic E-state index is 0.00848. The molecule has 1 aliphatic rings. The lowest BCUT2D eigenvalue weighted by Crippen LogP contribution is -2.54. The minimum Gasteiger partial charge on any atom is -0.619 e. The predicted molar refractivity (Wildman–Crippen MR) is 72.6 cm³/mol. The molecule has 104 valence electrons. The lowest BCUT2D eigenvalue weighted by atomic mass is 10.0. The third-order valence-corrected chi connectivity index (χ3v) is 3.56. The molecular formula is C14H21N3O2. The first-order valence-corrected chi connectivity index (χ1v) is 6.61. The topological polar surface area (TPSA) is 50.5 Å². The molecule has 0 unspecified atom stereocenters. The molecule has 2 rings (SSSR count). The summed E-state index contributed by atoms with van der Waals surface area (Å²) in [5, 5.41) is 11.0. The molecule has 1 fully saturated rings. The minimum absolute atomic E-state index is 0.00848. The van der Waals surface area contributed by atoms with Crippen LogP contribution in [0.25, 0.3) is 0 Å². The molecule has 1 aliphatic heterocycles. The number of carbonyl (C=O) groups excluding carboxylic acids is 1. The van der Waals surface area contributed by atoms with Gasteiger partial charge in [-0.1, -0.05) is 0 Å². The second-order valence-corrected chi connectivity index (χ2v) is 5.90. The van der Waals surface area contributed by atoms with Gasteiger partial charge in [-0.15, -0.1) is 0 Å². The third kappa shape index (κ3) is 3.23. The highest BCUT2D eigenvalue weighted by molar-refractivity contribution is 5.94. The van der Waals surface area contributed by atoms with Gasteiger partial charge in [-0.2, -0.15) is 4.73 Å². The summed E-state index contributed by atoms with van der Waals surface area (Å²) in [6.45, 7) is 9.83. The van der Waals surface area contributed by atoms with Crippen LogP contribution in [-0.4, -0.2) is 47.4 Å². The van der Waals surface area contributed by atoms with Crippen LogP contribution in [-0.2, 0) is 0 Å². The van der Waals surface area contributed by atoms with E-state index in [1.165, 1.54) is 12.4 Å². The average molecular weight is 263 g/mol. The predicted octanol–water partition coefficient (Wildman–Crippen LogP) is 0.876. The zero-order valence-corrected chi connectivity index (χ0v) is 11.8. The zero-order valence-electron chi connectivity index (χ0n) is 11.8. The normalized spacial score (nSPS) is 17.5. The van der Waals surface area contributed by atoms with Gasteiger partial charge < -0.3 is 10.1 Å². The van der Waals surface area contributed by atoms with Crippen molar-refractivity contribution in [2.24, 2.45) is 0 Å². The highest BCUT2D eigenvalue weighted by Gasteiger charge is 2.28. The lowest BCUT2D eigenvalue weighted by Gasteiger charge is -2.42. The van der Waals surface area contributed by atoms with Gasteiger partial charge in [0.05, 0.1) is 5.56 Å². The molecule has 1 saturated heterocycles. The number of hydrogen-bond donors (Lipinski definition) is 0. The molecule has 0 aliphatic carbocycles. The van der Waals surface area contributed by atoms with Gasteiger partial charge in [0, 0.05) is 43.9 Å². The fraction of sp³-hybridized carbons (Fsp3) is 0.571. The van der Waals surface area contributed by atoms with E-state index in [0.717, 1.165) is 26.2 Å². The van der Waals surface area contributed by atoms with E-state index in [9.17, 15) is 10.0 Å². The Morgan fingerprint density at radius 1 is 1.16 bits per heavy atom. The Hall–Kier alpha value is -1.62. The first-order valence-electron chi connectivity index (χ1n) is 6.61. The van der Waals surface area contributed by atoms with E-state index in [1.54, 1.807) is 12.1 Å². The molecule has 0 N–H and O–H groups in total. The Morgan fingerprint density at radius 2 is 1.68 bits per heavy atom. The van der Waals surface area contributed by atoms with Gasteiger partial charge in [-0.3, -0.25) is 9.69 Å². The van der Waals surface area contributed by atoms with Crippen LogP contribution >= 0.6 is 0 Å². The maximum Gasteiger partial charge on any atom is 0.254 e. The highest BCUT2D eigenvalue weighted by Crippen LogP contribution is 2.16. The molecule has 0 saturated carbocycles. The van der Waals surface area contributed by atoms with E-state index in [-0.39, 0.29) is 11.4 Å². The molecule has 1 aromatic heterocycles. The Labute approximate surface area is 114 Å². The van der Waals surface area contributed by atoms with Crippen molar-refractivity contribution in [1.82, 2.24) is 9.80 Å². The smallest absolute Gasteiger partial charge is 0.254 e. The maximum absolute atomic E-state index is 12.3. The summed E-state index contributed by atoms with van der Waals surface area (Å²) in [7, 11) is 0. The van der Waals surface area contributed by atoms with Crippen LogP contribution in [0.15, 0.2) is 24.5 Å². The standard InChI is InChI=1S/C14H21N3O2/c1-14(2,3)16-10-8-15(9-11-16)13(18)12-4-6-17(19)7-5-12/h4-7H,8-11H2,1-3H3. The molecule has 1 amide bonds. The van der Waals surface area contributed by atoms with Gasteiger partial charge >= 0.3 is 0 Å². The monoisotopic (exact) mass is 263 g/mol. The van der Waals surface area contributed by atoms with Gasteiger partial charge in [0.2, 0.25) is 0 Å². The zero-order chi connectivity index (χ0) is 14.0. The molecular weight excluding hydrogens is 242 g/mol. The van der Waals surface area contributed by atoms with Crippen molar-refractivity contribution in [3.63, 3.8) is 0 Å². The number of pyridine rings is 1. The SMILES string of the molecule is CC(C)(C)N1CCN(C(=O)c2cc[n+]([O-])cc2)CC1. The van der Waals surface area contributed by atoms with Crippen LogP contribution in [0.2, 0.25) is 0 Å². The van der Waals surface area contributed by atoms with Crippen molar-refractivity contribution in [3.8, 4) is 0 Å². The fourth-order valence-corrected chi connectivity index (χ4v) is 2.32. The molecule has 5 heteroatoms. The largest absolute Gasteiger partial charge is 0.619 e. The van der Waals surface area contributed by atoms with Crippen molar-refractivity contribution in [2.45, 2.75) is 26.3 Å². The van der Waals surface area contributed by atoms with Crippen molar-refractivity contribution in [2.75, 3.05) is 26.2 Å². The number of hydrogen-bond acceptors (Lipinski definition) is 3. The molecule has 0 radical (unpaired) electrons. The molecule has 0 atom stereocenters. The van der Waals surface area contributed by atoms with Crippen molar-refractivity contribution in [3.05, 3.63) is 35.3 Å². The number of piperazine rings is 1. The van der Waals surface area contributed by atoms with E-state index in [4.69, 9.17) is 0 Å². The van der Waals surface area contributed by atoms with Crippen molar-refractivity contribution >= 4 is 5.91 Å². The molecule has 2 heterocycles. The number of rotatable bonds is 1. The van der Waals surface area contributed by atoms with Crippen molar-refractivity contribution < 1.29 is 9.52 Å². The van der Waals surface area contributed by atoms with E-state index in [1.807, 2.05) is 4.90 Å². The summed E-state index contributed by atoms with van der Waals surface area (Å²) in [6, 6.07) is 3.15. The van der Waals surface area contributed by atoms with Gasteiger partial charge in [0.1, 0.15) is 0 Å². The summed E-state index contributed by atoms with van der Waals surface area (Å²) in [5.41, 5.74) is 0.729. The van der Waals surface area contributed by atoms with Crippen LogP contribution in [0.3, 0.4) is 0 Å². The van der Waals surface area contributed by atoms with E-state index < -0.39 is 0 Å². The van der Waals surface area contributed by atoms with Crippen LogP contribution in [0.4, 0.5) is 0 Å². The van der Waals surface area contributed by atoms with Crippen LogP contribution < -0.4 is 4.73 Å². The summed E-state index contributed by atoms with van der Waals surface area (Å²) >= 11 is 0. The Morgan fingerprint density at radius 3 is 2.16 bits per heavy atom. The second-order valence-electron chi connectivity index (χ2n) is 5.90. The van der Waals surface area contributed by atoms with Gasteiger partial charge in [0.15, 0.2) is 12.4 Å². The second kappa shape index (κ2) is 5.17. The highest BCUT2D eigenvalue weighted by atomic mass is 16.5. The van der Waals surface area contributed by atoms with Crippen molar-refractivity contribution in [1.29, 1.82) is 0 Å². The van der Waals surface area contributed by atoms with E-state index in [2.05, 4.69) is 25.7 Å². The lowest BCUT2D eigenvalue weighted by molar-refractivity contribution is -0.605. The summed E-state index contributed by atoms with van der Waals surface area (Å²) < 4.78 is 0.689. The number of amides is 1. The first kappa shape index (κ1) is 13.8. The summed E-state index contributed by atoms with van der Waals surface area (Å²) in [6.07, 6.45) is 2.72. The number of nitrogens with zero attached hydrogens (tertiary/aromatic N) is 3. The maximum atomic E-state index is 12.3. The number of carbonyl (C=O) groups is 1. The van der Waals surface area contributed by atoms with Crippen LogP contribution in [0.5, 0.6) is 0 Å². The fourth-order valence-electron chi connectivity index (χ4n) is 2.32. The van der Waals surface area contributed by atoms with E-state index in [0.29, 0.717) is 10.3 Å². The summed E-state index contributed by atoms with van der Waals surface area (Å²) in [4.78, 5) is 16.5. The molecule has 19 heavy (non-hydrogen) atoms. The Bertz CT molecular complexity index is 443. The Kier molecular flexibility index (Phi) is 3.75. The molecule has 1 aromatic rings. The molecule has 5 nitrogen and oxygen atoms in total. The number of aromatic nitrogens is 1.